The third-order valence-electron chi connectivity index (χ3n) is 5.85. The van der Waals surface area contributed by atoms with Crippen molar-refractivity contribution in [2.45, 2.75) is 25.6 Å². The number of ether oxygens (including phenoxy) is 1. The Hall–Kier alpha value is -2.86. The Balaban J connectivity index is 1.91. The van der Waals surface area contributed by atoms with Crippen molar-refractivity contribution in [2.75, 3.05) is 26.5 Å². The van der Waals surface area contributed by atoms with Crippen LogP contribution in [0.5, 0.6) is 5.75 Å². The molecule has 6 heteroatoms. The van der Waals surface area contributed by atoms with Crippen LogP contribution in [0.15, 0.2) is 65.3 Å². The lowest BCUT2D eigenvalue weighted by Gasteiger charge is -2.25. The Labute approximate surface area is 184 Å². The van der Waals surface area contributed by atoms with Gasteiger partial charge in [0.2, 0.25) is 0 Å². The number of sulfone groups is 1. The fourth-order valence-electron chi connectivity index (χ4n) is 4.10. The quantitative estimate of drug-likeness (QED) is 0.709. The third-order valence-corrected chi connectivity index (χ3v) is 7.50. The number of aliphatic imine (C=N–C) groups is 1. The van der Waals surface area contributed by atoms with Crippen LogP contribution in [-0.4, -0.2) is 51.5 Å². The molecule has 2 aliphatic rings. The molecule has 0 unspecified atom stereocenters. The normalized spacial score (nSPS) is 18.3. The maximum Gasteiger partial charge on any atom is 0.154 e. The summed E-state index contributed by atoms with van der Waals surface area (Å²) in [7, 11) is 0.581. The van der Waals surface area contributed by atoms with Gasteiger partial charge in [0.1, 0.15) is 5.75 Å². The van der Waals surface area contributed by atoms with E-state index in [-0.39, 0.29) is 17.5 Å². The van der Waals surface area contributed by atoms with E-state index in [2.05, 4.69) is 24.1 Å². The van der Waals surface area contributed by atoms with Crippen molar-refractivity contribution in [3.63, 3.8) is 0 Å². The van der Waals surface area contributed by atoms with Crippen molar-refractivity contribution in [1.82, 2.24) is 4.90 Å². The molecule has 31 heavy (non-hydrogen) atoms. The minimum atomic E-state index is -3.12. The van der Waals surface area contributed by atoms with Crippen molar-refractivity contribution in [3.05, 3.63) is 82.6 Å². The van der Waals surface area contributed by atoms with Crippen LogP contribution in [0.1, 0.15) is 36.1 Å². The zero-order valence-corrected chi connectivity index (χ0v) is 19.2. The molecule has 4 rings (SSSR count). The molecule has 5 nitrogen and oxygen atoms in total. The van der Waals surface area contributed by atoms with Crippen molar-refractivity contribution in [1.29, 1.82) is 0 Å². The molecular formula is C25H28N2O3S. The van der Waals surface area contributed by atoms with E-state index in [1.54, 1.807) is 14.0 Å². The fraction of sp³-hybridized carbons (Fsp3) is 0.320. The number of fused-ring (bicyclic) bond motifs is 3. The summed E-state index contributed by atoms with van der Waals surface area (Å²) in [6.07, 6.45) is 4.37. The number of hydrogen-bond acceptors (Lipinski definition) is 5. The highest BCUT2D eigenvalue weighted by atomic mass is 32.2. The van der Waals surface area contributed by atoms with Gasteiger partial charge in [-0.05, 0) is 54.0 Å². The molecule has 0 amide bonds. The second kappa shape index (κ2) is 8.35. The van der Waals surface area contributed by atoms with Crippen LogP contribution in [0, 0.1) is 0 Å². The lowest BCUT2D eigenvalue weighted by Crippen LogP contribution is -2.19. The number of likely N-dealkylation sites (N-methyl/N-ethyl adjacent to an activating group) is 1. The standard InChI is InChI=1S/C25H28N2O3S/c1-5-31(28,29)16-18-6-11-22-23(14-18)24-15-27(3)13-12-21(24)17(2)26-25(22)19-7-9-20(30-4)10-8-19/h6-12,14-15,17H,5,13,16H2,1-4H3/t17-/m0/s1. The molecule has 0 bridgehead atoms. The summed E-state index contributed by atoms with van der Waals surface area (Å²) in [6, 6.07) is 13.9. The number of rotatable bonds is 5. The highest BCUT2D eigenvalue weighted by Crippen LogP contribution is 2.37. The summed E-state index contributed by atoms with van der Waals surface area (Å²) in [6.45, 7) is 4.63. The van der Waals surface area contributed by atoms with E-state index >= 15 is 0 Å². The van der Waals surface area contributed by atoms with Crippen molar-refractivity contribution < 1.29 is 13.2 Å². The molecule has 0 aliphatic carbocycles. The van der Waals surface area contributed by atoms with Crippen LogP contribution in [0.4, 0.5) is 0 Å². The molecule has 0 N–H and O–H groups in total. The van der Waals surface area contributed by atoms with Crippen LogP contribution in [0.2, 0.25) is 0 Å². The molecule has 0 saturated carbocycles. The maximum absolute atomic E-state index is 12.3. The average Bonchev–Trinajstić information content (AvgIpc) is 2.88. The summed E-state index contributed by atoms with van der Waals surface area (Å²) < 4.78 is 29.8. The number of nitrogens with zero attached hydrogens (tertiary/aromatic N) is 2. The average molecular weight is 437 g/mol. The van der Waals surface area contributed by atoms with Crippen LogP contribution in [-0.2, 0) is 15.6 Å². The van der Waals surface area contributed by atoms with E-state index in [9.17, 15) is 8.42 Å². The zero-order chi connectivity index (χ0) is 22.2. The molecule has 2 aromatic carbocycles. The monoisotopic (exact) mass is 436 g/mol. The topological polar surface area (TPSA) is 59.0 Å². The van der Waals surface area contributed by atoms with E-state index in [1.165, 1.54) is 5.57 Å². The van der Waals surface area contributed by atoms with Gasteiger partial charge in [-0.1, -0.05) is 25.1 Å². The third kappa shape index (κ3) is 4.30. The highest BCUT2D eigenvalue weighted by Gasteiger charge is 2.27. The lowest BCUT2D eigenvalue weighted by molar-refractivity contribution is 0.415. The molecule has 0 radical (unpaired) electrons. The van der Waals surface area contributed by atoms with E-state index in [4.69, 9.17) is 9.73 Å². The maximum atomic E-state index is 12.3. The minimum Gasteiger partial charge on any atom is -0.497 e. The fourth-order valence-corrected chi connectivity index (χ4v) is 4.99. The van der Waals surface area contributed by atoms with Gasteiger partial charge >= 0.3 is 0 Å². The van der Waals surface area contributed by atoms with Crippen molar-refractivity contribution in [3.8, 4) is 5.75 Å². The van der Waals surface area contributed by atoms with Crippen LogP contribution < -0.4 is 4.74 Å². The molecule has 0 aromatic heterocycles. The molecule has 0 spiro atoms. The first-order valence-electron chi connectivity index (χ1n) is 10.5. The van der Waals surface area contributed by atoms with E-state index < -0.39 is 9.84 Å². The molecule has 0 saturated heterocycles. The Morgan fingerprint density at radius 3 is 2.55 bits per heavy atom. The van der Waals surface area contributed by atoms with Crippen LogP contribution >= 0.6 is 0 Å². The van der Waals surface area contributed by atoms with Gasteiger partial charge in [-0.3, -0.25) is 4.99 Å². The number of methoxy groups -OCH3 is 1. The Morgan fingerprint density at radius 2 is 1.87 bits per heavy atom. The van der Waals surface area contributed by atoms with E-state index in [0.29, 0.717) is 0 Å². The van der Waals surface area contributed by atoms with Gasteiger partial charge < -0.3 is 9.64 Å². The molecule has 2 aliphatic heterocycles. The van der Waals surface area contributed by atoms with E-state index in [1.807, 2.05) is 49.5 Å². The van der Waals surface area contributed by atoms with Gasteiger partial charge in [0, 0.05) is 42.2 Å². The van der Waals surface area contributed by atoms with E-state index in [0.717, 1.165) is 45.8 Å². The second-order valence-electron chi connectivity index (χ2n) is 8.08. The molecule has 2 aromatic rings. The molecular weight excluding hydrogens is 408 g/mol. The molecule has 0 fully saturated rings. The second-order valence-corrected chi connectivity index (χ2v) is 10.4. The predicted octanol–water partition coefficient (Wildman–Crippen LogP) is 4.08. The SMILES string of the molecule is CCS(=O)(=O)Cc1ccc2c(c1)C1=CN(C)CC=C1[C@H](C)N=C2c1ccc(OC)cc1. The van der Waals surface area contributed by atoms with Crippen molar-refractivity contribution in [2.24, 2.45) is 4.99 Å². The molecule has 2 heterocycles. The Bertz CT molecular complexity index is 1190. The first-order chi connectivity index (χ1) is 14.8. The predicted molar refractivity (Wildman–Crippen MR) is 126 cm³/mol. The van der Waals surface area contributed by atoms with Crippen LogP contribution in [0.3, 0.4) is 0 Å². The van der Waals surface area contributed by atoms with Gasteiger partial charge in [-0.25, -0.2) is 8.42 Å². The molecule has 162 valence electrons. The largest absolute Gasteiger partial charge is 0.497 e. The van der Waals surface area contributed by atoms with Gasteiger partial charge in [0.25, 0.3) is 0 Å². The first-order valence-corrected chi connectivity index (χ1v) is 12.3. The Morgan fingerprint density at radius 1 is 1.13 bits per heavy atom. The smallest absolute Gasteiger partial charge is 0.154 e. The minimum absolute atomic E-state index is 0.00715. The summed E-state index contributed by atoms with van der Waals surface area (Å²) in [5, 5.41) is 0. The highest BCUT2D eigenvalue weighted by molar-refractivity contribution is 7.90. The van der Waals surface area contributed by atoms with Crippen molar-refractivity contribution >= 4 is 21.1 Å². The van der Waals surface area contributed by atoms with Gasteiger partial charge in [0.05, 0.1) is 24.6 Å². The summed E-state index contributed by atoms with van der Waals surface area (Å²) in [5.74, 6) is 0.979. The molecule has 1 atom stereocenters. The first kappa shape index (κ1) is 21.4. The summed E-state index contributed by atoms with van der Waals surface area (Å²) in [5.41, 5.74) is 7.06. The number of benzene rings is 2. The lowest BCUT2D eigenvalue weighted by atomic mass is 9.88. The Kier molecular flexibility index (Phi) is 5.75. The zero-order valence-electron chi connectivity index (χ0n) is 18.4. The van der Waals surface area contributed by atoms with Gasteiger partial charge in [-0.15, -0.1) is 0 Å². The van der Waals surface area contributed by atoms with Gasteiger partial charge in [0.15, 0.2) is 9.84 Å². The van der Waals surface area contributed by atoms with Gasteiger partial charge in [-0.2, -0.15) is 0 Å². The number of hydrogen-bond donors (Lipinski definition) is 0. The summed E-state index contributed by atoms with van der Waals surface area (Å²) in [4.78, 5) is 7.24. The summed E-state index contributed by atoms with van der Waals surface area (Å²) >= 11 is 0. The van der Waals surface area contributed by atoms with Crippen LogP contribution in [0.25, 0.3) is 5.57 Å².